The maximum atomic E-state index is 12.1. The van der Waals surface area contributed by atoms with Gasteiger partial charge >= 0.3 is 0 Å². The Morgan fingerprint density at radius 1 is 1.32 bits per heavy atom. The number of phenols is 1. The summed E-state index contributed by atoms with van der Waals surface area (Å²) in [6.07, 6.45) is 2.79. The fraction of sp³-hybridized carbons (Fsp3) is 0.250. The first-order chi connectivity index (χ1) is 8.79. The van der Waals surface area contributed by atoms with E-state index >= 15 is 0 Å². The summed E-state index contributed by atoms with van der Waals surface area (Å²) in [7, 11) is -2.11. The number of anilines is 1. The average molecular weight is 281 g/mol. The molecule has 0 fully saturated rings. The minimum atomic E-state index is -3.79. The predicted molar refractivity (Wildman–Crippen MR) is 71.6 cm³/mol. The highest BCUT2D eigenvalue weighted by Gasteiger charge is 2.19. The Labute approximate surface area is 111 Å². The highest BCUT2D eigenvalue weighted by atomic mass is 32.2. The second-order valence-corrected chi connectivity index (χ2v) is 6.09. The average Bonchev–Trinajstić information content (AvgIpc) is 2.72. The fourth-order valence-electron chi connectivity index (χ4n) is 1.76. The molecule has 0 unspecified atom stereocenters. The summed E-state index contributed by atoms with van der Waals surface area (Å²) in [5.74, 6) is -0.0786. The molecular weight excluding hydrogens is 266 g/mol. The van der Waals surface area contributed by atoms with Crippen LogP contribution in [0, 0.1) is 13.8 Å². The Balaban J connectivity index is 2.41. The maximum absolute atomic E-state index is 12.1. The molecule has 0 saturated carbocycles. The van der Waals surface area contributed by atoms with Crippen molar-refractivity contribution in [3.05, 3.63) is 35.8 Å². The highest BCUT2D eigenvalue weighted by Crippen LogP contribution is 2.30. The molecular formula is C12H15N3O3S. The SMILES string of the molecule is Cc1cc(C)c(O)c(NS(=O)(=O)c2cn(C)cn2)c1. The van der Waals surface area contributed by atoms with Gasteiger partial charge in [-0.05, 0) is 31.0 Å². The number of rotatable bonds is 3. The molecule has 102 valence electrons. The van der Waals surface area contributed by atoms with Gasteiger partial charge in [0.2, 0.25) is 0 Å². The van der Waals surface area contributed by atoms with Crippen molar-refractivity contribution in [2.45, 2.75) is 18.9 Å². The zero-order chi connectivity index (χ0) is 14.2. The molecule has 0 aliphatic carbocycles. The summed E-state index contributed by atoms with van der Waals surface area (Å²) >= 11 is 0. The van der Waals surface area contributed by atoms with Crippen LogP contribution in [0.3, 0.4) is 0 Å². The van der Waals surface area contributed by atoms with Crippen LogP contribution in [0.2, 0.25) is 0 Å². The first-order valence-electron chi connectivity index (χ1n) is 5.60. The fourth-order valence-corrected chi connectivity index (χ4v) is 2.80. The van der Waals surface area contributed by atoms with Crippen LogP contribution in [0.15, 0.2) is 29.7 Å². The number of nitrogens with zero attached hydrogens (tertiary/aromatic N) is 2. The van der Waals surface area contributed by atoms with Crippen LogP contribution in [0.1, 0.15) is 11.1 Å². The second kappa shape index (κ2) is 4.58. The van der Waals surface area contributed by atoms with E-state index in [2.05, 4.69) is 9.71 Å². The van der Waals surface area contributed by atoms with Gasteiger partial charge in [-0.15, -0.1) is 0 Å². The standard InChI is InChI=1S/C12H15N3O3S/c1-8-4-9(2)12(16)10(5-8)14-19(17,18)11-6-15(3)7-13-11/h4-7,14,16H,1-3H3. The second-order valence-electron chi connectivity index (χ2n) is 4.46. The molecule has 0 aliphatic heterocycles. The third-order valence-electron chi connectivity index (χ3n) is 2.65. The quantitative estimate of drug-likeness (QED) is 0.836. The van der Waals surface area contributed by atoms with Crippen molar-refractivity contribution in [3.63, 3.8) is 0 Å². The number of hydrogen-bond donors (Lipinski definition) is 2. The van der Waals surface area contributed by atoms with Gasteiger partial charge in [-0.2, -0.15) is 8.42 Å². The summed E-state index contributed by atoms with van der Waals surface area (Å²) in [6, 6.07) is 3.34. The van der Waals surface area contributed by atoms with Gasteiger partial charge in [-0.3, -0.25) is 4.72 Å². The lowest BCUT2D eigenvalue weighted by Gasteiger charge is -2.10. The van der Waals surface area contributed by atoms with Crippen LogP contribution in [0.4, 0.5) is 5.69 Å². The third-order valence-corrected chi connectivity index (χ3v) is 3.90. The summed E-state index contributed by atoms with van der Waals surface area (Å²) in [5, 5.41) is 9.80. The van der Waals surface area contributed by atoms with Gasteiger partial charge in [0.25, 0.3) is 10.0 Å². The van der Waals surface area contributed by atoms with E-state index in [0.717, 1.165) is 5.56 Å². The van der Waals surface area contributed by atoms with Crippen molar-refractivity contribution in [1.29, 1.82) is 0 Å². The number of nitrogens with one attached hydrogen (secondary N) is 1. The minimum absolute atomic E-state index is 0.0786. The number of aromatic hydroxyl groups is 1. The van der Waals surface area contributed by atoms with E-state index in [0.29, 0.717) is 5.56 Å². The first kappa shape index (κ1) is 13.4. The molecule has 0 aliphatic rings. The van der Waals surface area contributed by atoms with Gasteiger partial charge in [0.1, 0.15) is 5.75 Å². The van der Waals surface area contributed by atoms with Crippen LogP contribution in [0.5, 0.6) is 5.75 Å². The smallest absolute Gasteiger partial charge is 0.281 e. The highest BCUT2D eigenvalue weighted by molar-refractivity contribution is 7.92. The van der Waals surface area contributed by atoms with Gasteiger partial charge in [-0.1, -0.05) is 6.07 Å². The van der Waals surface area contributed by atoms with Crippen LogP contribution < -0.4 is 4.72 Å². The molecule has 7 heteroatoms. The van der Waals surface area contributed by atoms with E-state index < -0.39 is 10.0 Å². The van der Waals surface area contributed by atoms with E-state index in [9.17, 15) is 13.5 Å². The Morgan fingerprint density at radius 2 is 2.00 bits per heavy atom. The van der Waals surface area contributed by atoms with Gasteiger partial charge in [0.15, 0.2) is 5.03 Å². The number of benzene rings is 1. The Morgan fingerprint density at radius 3 is 2.58 bits per heavy atom. The summed E-state index contributed by atoms with van der Waals surface area (Å²) < 4.78 is 28.1. The number of imidazole rings is 1. The molecule has 1 aromatic heterocycles. The molecule has 0 saturated heterocycles. The van der Waals surface area contributed by atoms with E-state index in [4.69, 9.17) is 0 Å². The van der Waals surface area contributed by atoms with Gasteiger partial charge in [0, 0.05) is 13.2 Å². The molecule has 2 rings (SSSR count). The van der Waals surface area contributed by atoms with Gasteiger partial charge < -0.3 is 9.67 Å². The van der Waals surface area contributed by atoms with Crippen molar-refractivity contribution in [2.24, 2.45) is 7.05 Å². The Bertz CT molecular complexity index is 720. The summed E-state index contributed by atoms with van der Waals surface area (Å²) in [6.45, 7) is 3.53. The van der Waals surface area contributed by atoms with Gasteiger partial charge in [-0.25, -0.2) is 4.98 Å². The minimum Gasteiger partial charge on any atom is -0.505 e. The molecule has 1 heterocycles. The molecule has 1 aromatic carbocycles. The molecule has 0 spiro atoms. The van der Waals surface area contributed by atoms with E-state index in [1.165, 1.54) is 17.1 Å². The zero-order valence-electron chi connectivity index (χ0n) is 10.9. The number of sulfonamides is 1. The van der Waals surface area contributed by atoms with E-state index in [1.54, 1.807) is 26.1 Å². The van der Waals surface area contributed by atoms with Crippen LogP contribution in [0.25, 0.3) is 0 Å². The largest absolute Gasteiger partial charge is 0.505 e. The molecule has 2 aromatic rings. The molecule has 19 heavy (non-hydrogen) atoms. The summed E-state index contributed by atoms with van der Waals surface area (Å²) in [5.41, 5.74) is 1.62. The van der Waals surface area contributed by atoms with Crippen LogP contribution >= 0.6 is 0 Å². The summed E-state index contributed by atoms with van der Waals surface area (Å²) in [4.78, 5) is 3.79. The lowest BCUT2D eigenvalue weighted by molar-refractivity contribution is 0.473. The first-order valence-corrected chi connectivity index (χ1v) is 7.09. The topological polar surface area (TPSA) is 84.2 Å². The number of aryl methyl sites for hydroxylation is 3. The van der Waals surface area contributed by atoms with Crippen molar-refractivity contribution in [2.75, 3.05) is 4.72 Å². The number of phenolic OH excluding ortho intramolecular Hbond substituents is 1. The van der Waals surface area contributed by atoms with Gasteiger partial charge in [0.05, 0.1) is 12.0 Å². The van der Waals surface area contributed by atoms with Crippen LogP contribution in [-0.4, -0.2) is 23.1 Å². The lowest BCUT2D eigenvalue weighted by atomic mass is 10.1. The molecule has 0 bridgehead atoms. The molecule has 0 amide bonds. The normalized spacial score (nSPS) is 11.5. The monoisotopic (exact) mass is 281 g/mol. The van der Waals surface area contributed by atoms with Crippen molar-refractivity contribution >= 4 is 15.7 Å². The number of hydrogen-bond acceptors (Lipinski definition) is 4. The maximum Gasteiger partial charge on any atom is 0.281 e. The molecule has 0 radical (unpaired) electrons. The molecule has 0 atom stereocenters. The van der Waals surface area contributed by atoms with Crippen molar-refractivity contribution in [3.8, 4) is 5.75 Å². The van der Waals surface area contributed by atoms with Crippen molar-refractivity contribution < 1.29 is 13.5 Å². The van der Waals surface area contributed by atoms with E-state index in [-0.39, 0.29) is 16.5 Å². The van der Waals surface area contributed by atoms with E-state index in [1.807, 2.05) is 6.92 Å². The molecule has 6 nitrogen and oxygen atoms in total. The zero-order valence-corrected chi connectivity index (χ0v) is 11.7. The third kappa shape index (κ3) is 2.70. The Hall–Kier alpha value is -2.02. The van der Waals surface area contributed by atoms with Crippen LogP contribution in [-0.2, 0) is 17.1 Å². The predicted octanol–water partition coefficient (Wildman–Crippen LogP) is 1.54. The Kier molecular flexibility index (Phi) is 3.23. The van der Waals surface area contributed by atoms with Crippen molar-refractivity contribution in [1.82, 2.24) is 9.55 Å². The lowest BCUT2D eigenvalue weighted by Crippen LogP contribution is -2.13. The number of aromatic nitrogens is 2. The molecule has 2 N–H and O–H groups in total.